The zero-order valence-corrected chi connectivity index (χ0v) is 10.6. The summed E-state index contributed by atoms with van der Waals surface area (Å²) in [5, 5.41) is 0. The molecular weight excluding hydrogens is 206 g/mol. The molecule has 2 saturated carbocycles. The molecule has 2 N–H and O–H groups in total. The summed E-state index contributed by atoms with van der Waals surface area (Å²) in [4.78, 5) is 0. The first-order chi connectivity index (χ1) is 8.28. The molecule has 1 nitrogen and oxygen atoms in total. The van der Waals surface area contributed by atoms with Crippen molar-refractivity contribution in [3.05, 3.63) is 35.4 Å². The van der Waals surface area contributed by atoms with Crippen molar-refractivity contribution < 1.29 is 0 Å². The summed E-state index contributed by atoms with van der Waals surface area (Å²) >= 11 is 0. The first-order valence-electron chi connectivity index (χ1n) is 7.17. The minimum Gasteiger partial charge on any atom is -0.321 e. The van der Waals surface area contributed by atoms with Crippen molar-refractivity contribution >= 4 is 0 Å². The minimum absolute atomic E-state index is 0.00464. The first kappa shape index (κ1) is 11.3. The standard InChI is InChI=1S/C16H23N/c17-16(10-5-11-16)15-9-4-8-14(12-15)13-6-2-1-3-7-13/h4,8-9,12-13H,1-3,5-7,10-11,17H2. The lowest BCUT2D eigenvalue weighted by molar-refractivity contribution is 0.253. The Balaban J connectivity index is 1.83. The van der Waals surface area contributed by atoms with Crippen LogP contribution in [0.4, 0.5) is 0 Å². The molecule has 2 aliphatic carbocycles. The molecule has 92 valence electrons. The Morgan fingerprint density at radius 2 is 1.76 bits per heavy atom. The smallest absolute Gasteiger partial charge is 0.0409 e. The Labute approximate surface area is 104 Å². The molecule has 0 spiro atoms. The van der Waals surface area contributed by atoms with Gasteiger partial charge in [-0.25, -0.2) is 0 Å². The molecule has 0 heterocycles. The van der Waals surface area contributed by atoms with Crippen molar-refractivity contribution in [2.75, 3.05) is 0 Å². The molecular formula is C16H23N. The van der Waals surface area contributed by atoms with E-state index in [1.54, 1.807) is 5.56 Å². The number of nitrogens with two attached hydrogens (primary N) is 1. The zero-order valence-electron chi connectivity index (χ0n) is 10.6. The second-order valence-corrected chi connectivity index (χ2v) is 5.97. The molecule has 2 fully saturated rings. The molecule has 1 aromatic rings. The highest BCUT2D eigenvalue weighted by molar-refractivity contribution is 5.33. The number of hydrogen-bond donors (Lipinski definition) is 1. The van der Waals surface area contributed by atoms with Crippen LogP contribution < -0.4 is 5.73 Å². The average Bonchev–Trinajstić information content (AvgIpc) is 2.37. The largest absolute Gasteiger partial charge is 0.321 e. The molecule has 0 atom stereocenters. The van der Waals surface area contributed by atoms with Gasteiger partial charge in [0.25, 0.3) is 0 Å². The predicted molar refractivity (Wildman–Crippen MR) is 72.0 cm³/mol. The molecule has 0 unspecified atom stereocenters. The van der Waals surface area contributed by atoms with Crippen molar-refractivity contribution in [2.24, 2.45) is 5.73 Å². The third-order valence-corrected chi connectivity index (χ3v) is 4.78. The fourth-order valence-electron chi connectivity index (χ4n) is 3.38. The maximum absolute atomic E-state index is 6.42. The van der Waals surface area contributed by atoms with Gasteiger partial charge in [-0.2, -0.15) is 0 Å². The summed E-state index contributed by atoms with van der Waals surface area (Å²) in [5.74, 6) is 0.798. The third kappa shape index (κ3) is 2.13. The van der Waals surface area contributed by atoms with E-state index in [0.717, 1.165) is 5.92 Å². The summed E-state index contributed by atoms with van der Waals surface area (Å²) in [5.41, 5.74) is 9.35. The highest BCUT2D eigenvalue weighted by Crippen LogP contribution is 2.40. The second kappa shape index (κ2) is 4.45. The molecule has 2 aliphatic rings. The maximum Gasteiger partial charge on any atom is 0.0409 e. The lowest BCUT2D eigenvalue weighted by atomic mass is 9.71. The van der Waals surface area contributed by atoms with E-state index in [9.17, 15) is 0 Å². The second-order valence-electron chi connectivity index (χ2n) is 5.97. The summed E-state index contributed by atoms with van der Waals surface area (Å²) in [6.07, 6.45) is 10.6. The number of rotatable bonds is 2. The van der Waals surface area contributed by atoms with Crippen LogP contribution in [0.1, 0.15) is 68.4 Å². The molecule has 17 heavy (non-hydrogen) atoms. The SMILES string of the molecule is NC1(c2cccc(C3CCCCC3)c2)CCC1. The van der Waals surface area contributed by atoms with E-state index < -0.39 is 0 Å². The Bertz CT molecular complexity index is 386. The van der Waals surface area contributed by atoms with Crippen molar-refractivity contribution in [3.63, 3.8) is 0 Å². The molecule has 0 saturated heterocycles. The highest BCUT2D eigenvalue weighted by atomic mass is 14.8. The van der Waals surface area contributed by atoms with E-state index in [1.165, 1.54) is 56.9 Å². The minimum atomic E-state index is 0.00464. The van der Waals surface area contributed by atoms with Gasteiger partial charge in [-0.15, -0.1) is 0 Å². The molecule has 1 aromatic carbocycles. The van der Waals surface area contributed by atoms with Gasteiger partial charge in [-0.05, 0) is 49.1 Å². The van der Waals surface area contributed by atoms with Gasteiger partial charge < -0.3 is 5.73 Å². The van der Waals surface area contributed by atoms with Crippen LogP contribution in [0.5, 0.6) is 0 Å². The van der Waals surface area contributed by atoms with Crippen LogP contribution >= 0.6 is 0 Å². The lowest BCUT2D eigenvalue weighted by Gasteiger charge is -2.39. The van der Waals surface area contributed by atoms with Gasteiger partial charge >= 0.3 is 0 Å². The van der Waals surface area contributed by atoms with Crippen molar-refractivity contribution in [2.45, 2.75) is 62.8 Å². The van der Waals surface area contributed by atoms with E-state index in [-0.39, 0.29) is 5.54 Å². The van der Waals surface area contributed by atoms with Crippen molar-refractivity contribution in [1.82, 2.24) is 0 Å². The van der Waals surface area contributed by atoms with Crippen LogP contribution in [0.25, 0.3) is 0 Å². The molecule has 0 radical (unpaired) electrons. The first-order valence-corrected chi connectivity index (χ1v) is 7.17. The van der Waals surface area contributed by atoms with E-state index in [1.807, 2.05) is 0 Å². The quantitative estimate of drug-likeness (QED) is 0.812. The van der Waals surface area contributed by atoms with Crippen molar-refractivity contribution in [3.8, 4) is 0 Å². The van der Waals surface area contributed by atoms with Gasteiger partial charge in [0.05, 0.1) is 0 Å². The Morgan fingerprint density at radius 3 is 2.41 bits per heavy atom. The number of benzene rings is 1. The molecule has 1 heteroatoms. The highest BCUT2D eigenvalue weighted by Gasteiger charge is 2.34. The summed E-state index contributed by atoms with van der Waals surface area (Å²) < 4.78 is 0. The molecule has 0 aromatic heterocycles. The van der Waals surface area contributed by atoms with Crippen LogP contribution in [0.15, 0.2) is 24.3 Å². The van der Waals surface area contributed by atoms with E-state index >= 15 is 0 Å². The average molecular weight is 229 g/mol. The van der Waals surface area contributed by atoms with Gasteiger partial charge in [0.2, 0.25) is 0 Å². The Kier molecular flexibility index (Phi) is 2.96. The summed E-state index contributed by atoms with van der Waals surface area (Å²) in [7, 11) is 0. The van der Waals surface area contributed by atoms with Crippen LogP contribution in [0.3, 0.4) is 0 Å². The van der Waals surface area contributed by atoms with E-state index in [0.29, 0.717) is 0 Å². The summed E-state index contributed by atoms with van der Waals surface area (Å²) in [6.45, 7) is 0. The van der Waals surface area contributed by atoms with E-state index in [4.69, 9.17) is 5.73 Å². The van der Waals surface area contributed by atoms with Gasteiger partial charge in [0.15, 0.2) is 0 Å². The third-order valence-electron chi connectivity index (χ3n) is 4.78. The van der Waals surface area contributed by atoms with Crippen LogP contribution in [0, 0.1) is 0 Å². The van der Waals surface area contributed by atoms with E-state index in [2.05, 4.69) is 24.3 Å². The van der Waals surface area contributed by atoms with Crippen LogP contribution in [-0.4, -0.2) is 0 Å². The van der Waals surface area contributed by atoms with Crippen LogP contribution in [-0.2, 0) is 5.54 Å². The van der Waals surface area contributed by atoms with Crippen molar-refractivity contribution in [1.29, 1.82) is 0 Å². The molecule has 0 aliphatic heterocycles. The monoisotopic (exact) mass is 229 g/mol. The van der Waals surface area contributed by atoms with Gasteiger partial charge in [-0.1, -0.05) is 43.5 Å². The van der Waals surface area contributed by atoms with Crippen LogP contribution in [0.2, 0.25) is 0 Å². The maximum atomic E-state index is 6.42. The zero-order chi connectivity index (χ0) is 11.7. The fourth-order valence-corrected chi connectivity index (χ4v) is 3.38. The van der Waals surface area contributed by atoms with Gasteiger partial charge in [0.1, 0.15) is 0 Å². The molecule has 0 amide bonds. The van der Waals surface area contributed by atoms with Gasteiger partial charge in [-0.3, -0.25) is 0 Å². The topological polar surface area (TPSA) is 26.0 Å². The normalized spacial score (nSPS) is 24.3. The summed E-state index contributed by atoms with van der Waals surface area (Å²) in [6, 6.07) is 9.15. The fraction of sp³-hybridized carbons (Fsp3) is 0.625. The lowest BCUT2D eigenvalue weighted by Crippen LogP contribution is -2.43. The molecule has 3 rings (SSSR count). The van der Waals surface area contributed by atoms with Gasteiger partial charge in [0, 0.05) is 5.54 Å². The Hall–Kier alpha value is -0.820. The Morgan fingerprint density at radius 1 is 1.00 bits per heavy atom. The predicted octanol–water partition coefficient (Wildman–Crippen LogP) is 4.07. The molecule has 0 bridgehead atoms. The number of hydrogen-bond acceptors (Lipinski definition) is 1.